The number of alkyl halides is 1. The number of hydrogen-bond acceptors (Lipinski definition) is 27. The highest BCUT2D eigenvalue weighted by Crippen LogP contribution is 2.68. The molecule has 3 aliphatic heterocycles. The highest BCUT2D eigenvalue weighted by atomic mass is 32.2. The van der Waals surface area contributed by atoms with Crippen molar-refractivity contribution in [2.24, 2.45) is 13.0 Å². The SMILES string of the molecule is CO[C@@H]1[C@H](P(=O)(O)OC[C@H]2O[C@@H](n3ccc(=O)[nH]c3=O)[C@H](O)[C@@H]2O)[C@@H](COP(=O)(O)OP(=O)(O)OP(=O)(O)OC[C@H]2O[C@@H]([n+]3cn(C)c4c(=O)[nH]c(N)nc43)[C@H](O)[C@@H]2CNS(=O)(=O)CCCF)O[C@H]1n1cnc2c(N)ncnc21. The van der Waals surface area contributed by atoms with E-state index in [9.17, 15) is 80.3 Å². The van der Waals surface area contributed by atoms with Crippen molar-refractivity contribution in [1.29, 1.82) is 0 Å². The number of hydrogen-bond donors (Lipinski definition) is 12. The molecule has 0 spiro atoms. The highest BCUT2D eigenvalue weighted by molar-refractivity contribution is 7.89. The Morgan fingerprint density at radius 1 is 0.848 bits per heavy atom. The van der Waals surface area contributed by atoms with Crippen LogP contribution in [0.4, 0.5) is 16.2 Å². The van der Waals surface area contributed by atoms with Crippen LogP contribution in [0.25, 0.3) is 22.3 Å². The molecule has 0 bridgehead atoms. The molecule has 8 rings (SSSR count). The number of sulfonamides is 1. The van der Waals surface area contributed by atoms with Crippen molar-refractivity contribution in [3.8, 4) is 0 Å². The van der Waals surface area contributed by atoms with Gasteiger partial charge in [-0.05, 0) is 6.42 Å². The van der Waals surface area contributed by atoms with E-state index >= 15 is 0 Å². The second-order valence-corrected chi connectivity index (χ2v) is 26.2. The van der Waals surface area contributed by atoms with E-state index in [2.05, 4.69) is 38.3 Å². The number of imidazole rings is 2. The van der Waals surface area contributed by atoms with E-state index in [1.54, 1.807) is 0 Å². The summed E-state index contributed by atoms with van der Waals surface area (Å²) in [6, 6.07) is 0.910. The number of nitrogens with two attached hydrogens (primary N) is 2. The number of aliphatic hydroxyl groups excluding tert-OH is 3. The first kappa shape index (κ1) is 60.4. The van der Waals surface area contributed by atoms with Crippen LogP contribution in [-0.2, 0) is 76.5 Å². The average Bonchev–Trinajstić information content (AvgIpc) is 4.34. The van der Waals surface area contributed by atoms with Crippen LogP contribution in [0.15, 0.2) is 45.6 Å². The molecule has 8 heterocycles. The number of nitrogens with one attached hydrogen (secondary N) is 3. The number of phosphoric acid groups is 3. The van der Waals surface area contributed by atoms with Gasteiger partial charge in [0.05, 0.1) is 51.7 Å². The van der Waals surface area contributed by atoms with Crippen molar-refractivity contribution >= 4 is 75.2 Å². The van der Waals surface area contributed by atoms with Crippen LogP contribution >= 0.6 is 31.1 Å². The molecule has 0 aromatic carbocycles. The van der Waals surface area contributed by atoms with Crippen molar-refractivity contribution in [2.75, 3.05) is 57.4 Å². The number of aromatic amines is 2. The first-order chi connectivity index (χ1) is 37.0. The van der Waals surface area contributed by atoms with E-state index in [1.165, 1.54) is 17.9 Å². The summed E-state index contributed by atoms with van der Waals surface area (Å²) in [5, 5.41) is 33.0. The fourth-order valence-electron chi connectivity index (χ4n) is 8.87. The third kappa shape index (κ3) is 13.2. The molecule has 4 unspecified atom stereocenters. The van der Waals surface area contributed by atoms with Gasteiger partial charge in [0.2, 0.25) is 21.8 Å². The van der Waals surface area contributed by atoms with Crippen LogP contribution in [0.5, 0.6) is 0 Å². The normalized spacial score (nSPS) is 29.6. The molecule has 438 valence electrons. The number of halogens is 1. The summed E-state index contributed by atoms with van der Waals surface area (Å²) < 4.78 is 145. The quantitative estimate of drug-likeness (QED) is 0.0206. The zero-order valence-corrected chi connectivity index (χ0v) is 44.9. The zero-order valence-electron chi connectivity index (χ0n) is 40.6. The molecule has 0 radical (unpaired) electrons. The van der Waals surface area contributed by atoms with Gasteiger partial charge < -0.3 is 69.8 Å². The summed E-state index contributed by atoms with van der Waals surface area (Å²) in [6.45, 7) is -5.26. The molecule has 5 aromatic rings. The van der Waals surface area contributed by atoms with Crippen LogP contribution in [-0.4, -0.2) is 181 Å². The van der Waals surface area contributed by atoms with Gasteiger partial charge >= 0.3 is 42.4 Å². The Kier molecular flexibility index (Phi) is 17.8. The van der Waals surface area contributed by atoms with E-state index in [1.807, 2.05) is 4.98 Å². The molecule has 79 heavy (non-hydrogen) atoms. The first-order valence-electron chi connectivity index (χ1n) is 22.7. The van der Waals surface area contributed by atoms with Crippen LogP contribution in [0, 0.1) is 5.92 Å². The topological polar surface area (TPSA) is 544 Å². The number of phosphoric ester groups is 2. The van der Waals surface area contributed by atoms with E-state index in [-0.39, 0.29) is 34.1 Å². The minimum atomic E-state index is -6.32. The van der Waals surface area contributed by atoms with Gasteiger partial charge in [-0.1, -0.05) is 4.98 Å². The smallest absolute Gasteiger partial charge is 0.387 e. The van der Waals surface area contributed by atoms with Crippen molar-refractivity contribution in [1.82, 2.24) is 48.3 Å². The first-order valence-corrected chi connectivity index (χ1v) is 30.5. The maximum absolute atomic E-state index is 14.3. The molecule has 38 nitrogen and oxygen atoms in total. The number of H-pyrrole nitrogens is 2. The van der Waals surface area contributed by atoms with Crippen LogP contribution in [0.1, 0.15) is 25.1 Å². The monoisotopic (exact) mass is 1230 g/mol. The van der Waals surface area contributed by atoms with Crippen molar-refractivity contribution in [3.63, 3.8) is 0 Å². The van der Waals surface area contributed by atoms with Gasteiger partial charge in [-0.25, -0.2) is 51.1 Å². The number of fused-ring (bicyclic) bond motifs is 2. The van der Waals surface area contributed by atoms with Gasteiger partial charge in [0, 0.05) is 31.8 Å². The number of nitrogen functional groups attached to an aromatic ring is 2. The summed E-state index contributed by atoms with van der Waals surface area (Å²) in [7, 11) is -25.5. The Labute approximate surface area is 440 Å². The lowest BCUT2D eigenvalue weighted by Gasteiger charge is -2.28. The van der Waals surface area contributed by atoms with Gasteiger partial charge in [0.25, 0.3) is 17.1 Å². The predicted octanol–water partition coefficient (Wildman–Crippen LogP) is -4.27. The minimum absolute atomic E-state index is 0.00787. The van der Waals surface area contributed by atoms with Gasteiger partial charge in [-0.15, -0.1) is 0 Å². The molecular formula is C35H51FN13O25P4S+. The lowest BCUT2D eigenvalue weighted by Crippen LogP contribution is -2.46. The Morgan fingerprint density at radius 3 is 2.16 bits per heavy atom. The maximum Gasteiger partial charge on any atom is 0.490 e. The fraction of sp³-hybridized carbons (Fsp3) is 0.600. The molecule has 16 atom stereocenters. The van der Waals surface area contributed by atoms with Crippen molar-refractivity contribution < 1.29 is 112 Å². The second-order valence-electron chi connectivity index (χ2n) is 17.6. The van der Waals surface area contributed by atoms with Crippen LogP contribution in [0.3, 0.4) is 0 Å². The molecular weight excluding hydrogens is 1180 g/mol. The van der Waals surface area contributed by atoms with E-state index in [4.69, 9.17) is 44.0 Å². The summed E-state index contributed by atoms with van der Waals surface area (Å²) in [5.41, 5.74) is 6.80. The van der Waals surface area contributed by atoms with Gasteiger partial charge in [0.1, 0.15) is 54.1 Å². The average molecular weight is 1230 g/mol. The molecule has 3 saturated heterocycles. The summed E-state index contributed by atoms with van der Waals surface area (Å²) >= 11 is 0. The number of aliphatic hydroxyl groups is 3. The third-order valence-corrected chi connectivity index (χ3v) is 20.0. The maximum atomic E-state index is 14.3. The third-order valence-electron chi connectivity index (χ3n) is 12.4. The standard InChI is InChI=1S/C35H50FN13O25P4S/c1-46-14-49(29-21(46)30(54)45-34(38)44-29)31-22(51)15(8-42-79(64,65)7-3-5-36)16(70-31)9-68-76(58,59)73-78(62,63)74-77(60,61)69-11-18-26(25(66-2)33(72-18)48-13-41-20-27(37)39-12-40-28(20)48)75(56,57)67-10-17-23(52)24(53)32(71-17)47-6-4-19(50)43-35(47)55/h4,6,12-18,22-26,31-33,42,51-53H,3,5,7-11H2,1-2H3,(H9-,37,38,39,40,43,44,45,50,54,55,56,57,58,59,60,61,62,63)/p+1/t15-,16-,17-,18-,22-,23-,24-,25-,26-,31-,32-,33-/m1/s1. The molecule has 0 amide bonds. The largest absolute Gasteiger partial charge is 0.490 e. The molecule has 44 heteroatoms. The highest BCUT2D eigenvalue weighted by Gasteiger charge is 2.58. The van der Waals surface area contributed by atoms with Gasteiger partial charge in [-0.3, -0.25) is 51.3 Å². The number of anilines is 2. The number of ether oxygens (including phenoxy) is 4. The molecule has 5 aromatic heterocycles. The number of methoxy groups -OCH3 is 1. The minimum Gasteiger partial charge on any atom is -0.387 e. The Balaban J connectivity index is 0.970. The molecule has 0 saturated carbocycles. The predicted molar refractivity (Wildman–Crippen MR) is 257 cm³/mol. The Hall–Kier alpha value is -4.70. The molecule has 14 N–H and O–H groups in total. The van der Waals surface area contributed by atoms with Gasteiger partial charge in [0.15, 0.2) is 30.2 Å². The molecule has 3 fully saturated rings. The van der Waals surface area contributed by atoms with E-state index in [0.29, 0.717) is 0 Å². The fourth-order valence-corrected chi connectivity index (χ4v) is 15.2. The molecule has 3 aliphatic rings. The number of nitrogens with zero attached hydrogens (tertiary/aromatic N) is 8. The number of aromatic nitrogens is 10. The lowest BCUT2D eigenvalue weighted by atomic mass is 9.98. The van der Waals surface area contributed by atoms with Crippen LogP contribution < -0.4 is 37.6 Å². The summed E-state index contributed by atoms with van der Waals surface area (Å²) in [5.74, 6) is -2.61. The summed E-state index contributed by atoms with van der Waals surface area (Å²) in [6.07, 6.45) is -13.3. The number of aryl methyl sites for hydroxylation is 1. The number of rotatable bonds is 24. The van der Waals surface area contributed by atoms with E-state index < -0.39 is 176 Å². The van der Waals surface area contributed by atoms with Crippen molar-refractivity contribution in [3.05, 3.63) is 62.4 Å². The summed E-state index contributed by atoms with van der Waals surface area (Å²) in [4.78, 5) is 100. The van der Waals surface area contributed by atoms with Crippen LogP contribution in [0.2, 0.25) is 0 Å². The Morgan fingerprint density at radius 2 is 1.51 bits per heavy atom. The molecule has 0 aliphatic carbocycles. The van der Waals surface area contributed by atoms with E-state index in [0.717, 1.165) is 45.7 Å². The zero-order chi connectivity index (χ0) is 57.7. The van der Waals surface area contributed by atoms with Gasteiger partial charge in [-0.2, -0.15) is 8.62 Å². The Bertz CT molecular complexity index is 3570. The van der Waals surface area contributed by atoms with Crippen molar-refractivity contribution in [2.45, 2.75) is 73.5 Å². The second kappa shape index (κ2) is 23.3. The lowest BCUT2D eigenvalue weighted by molar-refractivity contribution is -0.745.